The van der Waals surface area contributed by atoms with Gasteiger partial charge in [-0.2, -0.15) is 0 Å². The maximum atomic E-state index is 5.48. The molecule has 0 saturated carbocycles. The third-order valence-corrected chi connectivity index (χ3v) is 4.84. The van der Waals surface area contributed by atoms with Gasteiger partial charge in [0.1, 0.15) is 18.0 Å². The number of hydrogen-bond acceptors (Lipinski definition) is 7. The molecule has 0 amide bonds. The highest BCUT2D eigenvalue weighted by atomic mass is 16.5. The lowest BCUT2D eigenvalue weighted by Gasteiger charge is -2.30. The van der Waals surface area contributed by atoms with Crippen molar-refractivity contribution >= 4 is 34.4 Å². The molecule has 0 bridgehead atoms. The first-order valence-corrected chi connectivity index (χ1v) is 9.74. The van der Waals surface area contributed by atoms with Crippen LogP contribution in [0.3, 0.4) is 0 Å². The third-order valence-electron chi connectivity index (χ3n) is 4.84. The highest BCUT2D eigenvalue weighted by Gasteiger charge is 2.14. The molecule has 2 aromatic carbocycles. The van der Waals surface area contributed by atoms with Gasteiger partial charge in [-0.25, -0.2) is 9.97 Å². The van der Waals surface area contributed by atoms with Crippen molar-refractivity contribution in [3.8, 4) is 0 Å². The predicted molar refractivity (Wildman–Crippen MR) is 119 cm³/mol. The van der Waals surface area contributed by atoms with E-state index in [4.69, 9.17) is 4.74 Å². The van der Waals surface area contributed by atoms with Crippen molar-refractivity contribution in [2.24, 2.45) is 0 Å². The molecule has 4 rings (SSSR count). The Morgan fingerprint density at radius 1 is 0.897 bits per heavy atom. The molecular formula is C22H26N6O. The Bertz CT molecular complexity index is 938. The average molecular weight is 390 g/mol. The fraction of sp³-hybridized carbons (Fsp3) is 0.273. The van der Waals surface area contributed by atoms with E-state index in [0.717, 1.165) is 60.7 Å². The van der Waals surface area contributed by atoms with Crippen LogP contribution < -0.4 is 20.4 Å². The second-order valence-electron chi connectivity index (χ2n) is 7.10. The Morgan fingerprint density at radius 2 is 1.59 bits per heavy atom. The van der Waals surface area contributed by atoms with Crippen LogP contribution in [-0.4, -0.2) is 50.4 Å². The summed E-state index contributed by atoms with van der Waals surface area (Å²) in [5, 5.41) is 6.78. The molecule has 1 aromatic heterocycles. The zero-order valence-electron chi connectivity index (χ0n) is 16.8. The molecule has 2 N–H and O–H groups in total. The topological polar surface area (TPSA) is 65.5 Å². The van der Waals surface area contributed by atoms with Gasteiger partial charge in [0.25, 0.3) is 0 Å². The summed E-state index contributed by atoms with van der Waals surface area (Å²) in [4.78, 5) is 13.1. The van der Waals surface area contributed by atoms with Crippen LogP contribution in [0.5, 0.6) is 0 Å². The molecular weight excluding hydrogens is 364 g/mol. The zero-order valence-corrected chi connectivity index (χ0v) is 16.8. The van der Waals surface area contributed by atoms with Gasteiger partial charge in [0.2, 0.25) is 0 Å². The molecule has 0 aliphatic carbocycles. The molecule has 1 fully saturated rings. The molecule has 7 nitrogen and oxygen atoms in total. The Morgan fingerprint density at radius 3 is 2.31 bits per heavy atom. The number of morpholine rings is 1. The van der Waals surface area contributed by atoms with Crippen LogP contribution in [0, 0.1) is 0 Å². The predicted octanol–water partition coefficient (Wildman–Crippen LogP) is 3.87. The number of nitrogens with one attached hydrogen (secondary N) is 2. The van der Waals surface area contributed by atoms with E-state index < -0.39 is 0 Å². The van der Waals surface area contributed by atoms with E-state index in [1.165, 1.54) is 0 Å². The summed E-state index contributed by atoms with van der Waals surface area (Å²) in [6, 6.07) is 18.4. The van der Waals surface area contributed by atoms with Crippen molar-refractivity contribution < 1.29 is 4.74 Å². The van der Waals surface area contributed by atoms with Gasteiger partial charge in [-0.05, 0) is 36.4 Å². The van der Waals surface area contributed by atoms with Crippen molar-refractivity contribution in [3.63, 3.8) is 0 Å². The maximum Gasteiger partial charge on any atom is 0.135 e. The molecule has 1 aliphatic heterocycles. The quantitative estimate of drug-likeness (QED) is 0.662. The number of ether oxygens (including phenoxy) is 1. The van der Waals surface area contributed by atoms with E-state index in [1.54, 1.807) is 6.33 Å². The summed E-state index contributed by atoms with van der Waals surface area (Å²) in [5.41, 5.74) is 4.31. The standard InChI is InChI=1S/C22H26N6O/c1-27(2)18-9-7-17(8-10-18)25-21-15-22(24-16-23-21)26-19-5-3-4-6-20(19)28-11-13-29-14-12-28/h3-10,15-16H,11-14H2,1-2H3,(H2,23,24,25,26). The first-order valence-electron chi connectivity index (χ1n) is 9.74. The Labute approximate surface area is 171 Å². The summed E-state index contributed by atoms with van der Waals surface area (Å²) in [6.45, 7) is 3.28. The van der Waals surface area contributed by atoms with Crippen LogP contribution in [0.2, 0.25) is 0 Å². The van der Waals surface area contributed by atoms with E-state index in [9.17, 15) is 0 Å². The summed E-state index contributed by atoms with van der Waals surface area (Å²) < 4.78 is 5.48. The van der Waals surface area contributed by atoms with E-state index in [0.29, 0.717) is 0 Å². The number of anilines is 6. The number of hydrogen-bond donors (Lipinski definition) is 2. The zero-order chi connectivity index (χ0) is 20.1. The normalized spacial score (nSPS) is 13.8. The van der Waals surface area contributed by atoms with Crippen LogP contribution in [0.25, 0.3) is 0 Å². The highest BCUT2D eigenvalue weighted by molar-refractivity contribution is 5.75. The Balaban J connectivity index is 1.49. The number of benzene rings is 2. The summed E-state index contributed by atoms with van der Waals surface area (Å²) in [6.07, 6.45) is 1.57. The average Bonchev–Trinajstić information content (AvgIpc) is 2.75. The van der Waals surface area contributed by atoms with Crippen molar-refractivity contribution in [3.05, 3.63) is 60.9 Å². The molecule has 0 atom stereocenters. The third kappa shape index (κ3) is 4.75. The number of para-hydroxylation sites is 2. The Kier molecular flexibility index (Phi) is 5.76. The summed E-state index contributed by atoms with van der Waals surface area (Å²) in [7, 11) is 4.05. The SMILES string of the molecule is CN(C)c1ccc(Nc2cc(Nc3ccccc3N3CCOCC3)ncn2)cc1. The minimum Gasteiger partial charge on any atom is -0.378 e. The van der Waals surface area contributed by atoms with E-state index >= 15 is 0 Å². The lowest BCUT2D eigenvalue weighted by atomic mass is 10.2. The number of rotatable bonds is 6. The van der Waals surface area contributed by atoms with Gasteiger partial charge in [-0.1, -0.05) is 12.1 Å². The molecule has 1 saturated heterocycles. The van der Waals surface area contributed by atoms with Crippen molar-refractivity contribution in [1.29, 1.82) is 0 Å². The first-order chi connectivity index (χ1) is 14.2. The van der Waals surface area contributed by atoms with Gasteiger partial charge in [-0.3, -0.25) is 0 Å². The second-order valence-corrected chi connectivity index (χ2v) is 7.10. The molecule has 29 heavy (non-hydrogen) atoms. The van der Waals surface area contributed by atoms with Crippen molar-refractivity contribution in [2.75, 3.05) is 60.8 Å². The molecule has 3 aromatic rings. The van der Waals surface area contributed by atoms with Gasteiger partial charge in [0.15, 0.2) is 0 Å². The molecule has 1 aliphatic rings. The van der Waals surface area contributed by atoms with Crippen molar-refractivity contribution in [2.45, 2.75) is 0 Å². The Hall–Kier alpha value is -3.32. The van der Waals surface area contributed by atoms with Crippen LogP contribution in [0.4, 0.5) is 34.4 Å². The van der Waals surface area contributed by atoms with Crippen molar-refractivity contribution in [1.82, 2.24) is 9.97 Å². The molecule has 150 valence electrons. The van der Waals surface area contributed by atoms with Gasteiger partial charge in [0.05, 0.1) is 24.6 Å². The maximum absolute atomic E-state index is 5.48. The molecule has 2 heterocycles. The molecule has 0 unspecified atom stereocenters. The second kappa shape index (κ2) is 8.79. The molecule has 0 spiro atoms. The van der Waals surface area contributed by atoms with E-state index in [1.807, 2.05) is 38.4 Å². The van der Waals surface area contributed by atoms with Gasteiger partial charge >= 0.3 is 0 Å². The highest BCUT2D eigenvalue weighted by Crippen LogP contribution is 2.29. The van der Waals surface area contributed by atoms with Gasteiger partial charge in [-0.15, -0.1) is 0 Å². The monoisotopic (exact) mass is 390 g/mol. The summed E-state index contributed by atoms with van der Waals surface area (Å²) >= 11 is 0. The smallest absolute Gasteiger partial charge is 0.135 e. The largest absolute Gasteiger partial charge is 0.378 e. The van der Waals surface area contributed by atoms with Crippen LogP contribution >= 0.6 is 0 Å². The number of aromatic nitrogens is 2. The van der Waals surface area contributed by atoms with E-state index in [2.05, 4.69) is 60.7 Å². The van der Waals surface area contributed by atoms with Crippen LogP contribution in [-0.2, 0) is 4.74 Å². The lowest BCUT2D eigenvalue weighted by Crippen LogP contribution is -2.36. The summed E-state index contributed by atoms with van der Waals surface area (Å²) in [5.74, 6) is 1.48. The fourth-order valence-corrected chi connectivity index (χ4v) is 3.28. The minimum atomic E-state index is 0.740. The lowest BCUT2D eigenvalue weighted by molar-refractivity contribution is 0.123. The van der Waals surface area contributed by atoms with E-state index in [-0.39, 0.29) is 0 Å². The van der Waals surface area contributed by atoms with Gasteiger partial charge in [0, 0.05) is 44.6 Å². The minimum absolute atomic E-state index is 0.740. The van der Waals surface area contributed by atoms with Crippen LogP contribution in [0.1, 0.15) is 0 Å². The fourth-order valence-electron chi connectivity index (χ4n) is 3.28. The van der Waals surface area contributed by atoms with Gasteiger partial charge < -0.3 is 25.2 Å². The van der Waals surface area contributed by atoms with Crippen LogP contribution in [0.15, 0.2) is 60.9 Å². The first kappa shape index (κ1) is 19.0. The number of nitrogens with zero attached hydrogens (tertiary/aromatic N) is 4. The molecule has 0 radical (unpaired) electrons. The molecule has 7 heteroatoms.